The van der Waals surface area contributed by atoms with Crippen molar-refractivity contribution in [3.05, 3.63) is 42.0 Å². The number of carbonyl (C=O) groups excluding carboxylic acids is 1. The van der Waals surface area contributed by atoms with Crippen LogP contribution in [-0.2, 0) is 0 Å². The van der Waals surface area contributed by atoms with E-state index in [2.05, 4.69) is 12.2 Å². The minimum Gasteiger partial charge on any atom is -0.507 e. The highest BCUT2D eigenvalue weighted by molar-refractivity contribution is 6.01. The lowest BCUT2D eigenvalue weighted by atomic mass is 9.82. The second-order valence-electron chi connectivity index (χ2n) is 5.46. The maximum Gasteiger partial charge on any atom is 0.255 e. The van der Waals surface area contributed by atoms with Gasteiger partial charge in [-0.25, -0.2) is 0 Å². The third-order valence-electron chi connectivity index (χ3n) is 3.82. The first-order chi connectivity index (χ1) is 9.13. The lowest BCUT2D eigenvalue weighted by molar-refractivity contribution is 0.0893. The summed E-state index contributed by atoms with van der Waals surface area (Å²) in [6.07, 6.45) is 2.06. The van der Waals surface area contributed by atoms with Crippen LogP contribution in [0.25, 0.3) is 10.8 Å². The summed E-state index contributed by atoms with van der Waals surface area (Å²) in [7, 11) is 0. The van der Waals surface area contributed by atoms with Crippen LogP contribution in [0.3, 0.4) is 0 Å². The van der Waals surface area contributed by atoms with E-state index in [1.807, 2.05) is 24.3 Å². The lowest BCUT2D eigenvalue weighted by Crippen LogP contribution is -2.43. The Kier molecular flexibility index (Phi) is 2.90. The van der Waals surface area contributed by atoms with Crippen LogP contribution in [0.4, 0.5) is 0 Å². The van der Waals surface area contributed by atoms with Crippen molar-refractivity contribution in [1.29, 1.82) is 0 Å². The van der Waals surface area contributed by atoms with Gasteiger partial charge in [-0.05, 0) is 41.7 Å². The number of amides is 1. The van der Waals surface area contributed by atoms with E-state index >= 15 is 0 Å². The molecular formula is C16H17NO2. The van der Waals surface area contributed by atoms with Crippen LogP contribution in [0.2, 0.25) is 0 Å². The molecule has 0 spiro atoms. The number of nitrogens with one attached hydrogen (secondary N) is 1. The van der Waals surface area contributed by atoms with E-state index in [-0.39, 0.29) is 17.7 Å². The second kappa shape index (κ2) is 4.57. The third-order valence-corrected chi connectivity index (χ3v) is 3.82. The zero-order chi connectivity index (χ0) is 13.4. The first-order valence-electron chi connectivity index (χ1n) is 6.66. The summed E-state index contributed by atoms with van der Waals surface area (Å²) in [6, 6.07) is 11.4. The minimum atomic E-state index is -0.180. The van der Waals surface area contributed by atoms with E-state index in [1.54, 1.807) is 12.1 Å². The highest BCUT2D eigenvalue weighted by Gasteiger charge is 2.27. The van der Waals surface area contributed by atoms with Gasteiger partial charge < -0.3 is 10.4 Å². The first kappa shape index (κ1) is 12.0. The van der Waals surface area contributed by atoms with Crippen molar-refractivity contribution in [1.82, 2.24) is 5.32 Å². The second-order valence-corrected chi connectivity index (χ2v) is 5.46. The molecule has 19 heavy (non-hydrogen) atoms. The van der Waals surface area contributed by atoms with Crippen LogP contribution < -0.4 is 5.32 Å². The predicted molar refractivity (Wildman–Crippen MR) is 75.3 cm³/mol. The fourth-order valence-corrected chi connectivity index (χ4v) is 2.69. The molecule has 2 N–H and O–H groups in total. The molecular weight excluding hydrogens is 238 g/mol. The van der Waals surface area contributed by atoms with Gasteiger partial charge in [0.15, 0.2) is 0 Å². The zero-order valence-electron chi connectivity index (χ0n) is 10.9. The summed E-state index contributed by atoms with van der Waals surface area (Å²) >= 11 is 0. The number of phenolic OH excluding ortho intramolecular Hbond substituents is 1. The summed E-state index contributed by atoms with van der Waals surface area (Å²) in [4.78, 5) is 12.1. The van der Waals surface area contributed by atoms with Crippen molar-refractivity contribution in [2.45, 2.75) is 25.8 Å². The Balaban J connectivity index is 1.87. The standard InChI is InChI=1S/C16H17NO2/c1-10-6-13(7-10)17-16(19)14-8-11-4-2-3-5-12(11)9-15(14)18/h2-5,8-10,13,18H,6-7H2,1H3,(H,17,19). The molecule has 0 radical (unpaired) electrons. The molecule has 98 valence electrons. The Morgan fingerprint density at radius 2 is 1.84 bits per heavy atom. The number of benzene rings is 2. The molecule has 0 saturated heterocycles. The minimum absolute atomic E-state index is 0.0450. The topological polar surface area (TPSA) is 49.3 Å². The maximum atomic E-state index is 12.1. The van der Waals surface area contributed by atoms with Gasteiger partial charge in [-0.2, -0.15) is 0 Å². The summed E-state index contributed by atoms with van der Waals surface area (Å²) in [5, 5.41) is 14.8. The number of rotatable bonds is 2. The van der Waals surface area contributed by atoms with Crippen LogP contribution in [0.15, 0.2) is 36.4 Å². The largest absolute Gasteiger partial charge is 0.507 e. The smallest absolute Gasteiger partial charge is 0.255 e. The Bertz CT molecular complexity index is 630. The average Bonchev–Trinajstić information content (AvgIpc) is 2.36. The molecule has 0 atom stereocenters. The van der Waals surface area contributed by atoms with Gasteiger partial charge in [0, 0.05) is 6.04 Å². The van der Waals surface area contributed by atoms with E-state index in [0.717, 1.165) is 23.6 Å². The van der Waals surface area contributed by atoms with Gasteiger partial charge in [0.1, 0.15) is 5.75 Å². The highest BCUT2D eigenvalue weighted by atomic mass is 16.3. The molecule has 1 fully saturated rings. The van der Waals surface area contributed by atoms with Crippen molar-refractivity contribution >= 4 is 16.7 Å². The number of aromatic hydroxyl groups is 1. The monoisotopic (exact) mass is 255 g/mol. The van der Waals surface area contributed by atoms with E-state index in [0.29, 0.717) is 11.5 Å². The van der Waals surface area contributed by atoms with Crippen LogP contribution in [-0.4, -0.2) is 17.1 Å². The van der Waals surface area contributed by atoms with Gasteiger partial charge in [0.05, 0.1) is 5.56 Å². The van der Waals surface area contributed by atoms with Gasteiger partial charge in [-0.1, -0.05) is 31.2 Å². The molecule has 0 aliphatic heterocycles. The Hall–Kier alpha value is -2.03. The number of hydrogen-bond acceptors (Lipinski definition) is 2. The molecule has 1 aliphatic rings. The highest BCUT2D eigenvalue weighted by Crippen LogP contribution is 2.28. The molecule has 2 aromatic carbocycles. The average molecular weight is 255 g/mol. The van der Waals surface area contributed by atoms with Crippen LogP contribution in [0.5, 0.6) is 5.75 Å². The zero-order valence-corrected chi connectivity index (χ0v) is 10.9. The van der Waals surface area contributed by atoms with Crippen molar-refractivity contribution < 1.29 is 9.90 Å². The molecule has 0 bridgehead atoms. The molecule has 3 rings (SSSR count). The number of carbonyl (C=O) groups is 1. The summed E-state index contributed by atoms with van der Waals surface area (Å²) < 4.78 is 0. The van der Waals surface area contributed by atoms with Crippen molar-refractivity contribution in [3.8, 4) is 5.75 Å². The normalized spacial score (nSPS) is 21.9. The van der Waals surface area contributed by atoms with Gasteiger partial charge >= 0.3 is 0 Å². The molecule has 0 unspecified atom stereocenters. The number of fused-ring (bicyclic) bond motifs is 1. The first-order valence-corrected chi connectivity index (χ1v) is 6.66. The molecule has 0 heterocycles. The summed E-state index contributed by atoms with van der Waals surface area (Å²) in [5.41, 5.74) is 0.359. The van der Waals surface area contributed by atoms with Gasteiger partial charge in [0.2, 0.25) is 0 Å². The lowest BCUT2D eigenvalue weighted by Gasteiger charge is -2.33. The fourth-order valence-electron chi connectivity index (χ4n) is 2.69. The molecule has 2 aromatic rings. The molecule has 1 aliphatic carbocycles. The summed E-state index contributed by atoms with van der Waals surface area (Å²) in [5.74, 6) is 0.555. The SMILES string of the molecule is CC1CC(NC(=O)c2cc3ccccc3cc2O)C1. The Morgan fingerprint density at radius 3 is 2.47 bits per heavy atom. The predicted octanol–water partition coefficient (Wildman–Crippen LogP) is 3.07. The van der Waals surface area contributed by atoms with E-state index in [4.69, 9.17) is 0 Å². The van der Waals surface area contributed by atoms with Crippen LogP contribution in [0.1, 0.15) is 30.1 Å². The molecule has 0 aromatic heterocycles. The van der Waals surface area contributed by atoms with Crippen molar-refractivity contribution in [2.24, 2.45) is 5.92 Å². The van der Waals surface area contributed by atoms with E-state index in [1.165, 1.54) is 0 Å². The molecule has 1 amide bonds. The molecule has 1 saturated carbocycles. The van der Waals surface area contributed by atoms with Gasteiger partial charge in [-0.3, -0.25) is 4.79 Å². The summed E-state index contributed by atoms with van der Waals surface area (Å²) in [6.45, 7) is 2.18. The van der Waals surface area contributed by atoms with Crippen molar-refractivity contribution in [3.63, 3.8) is 0 Å². The third kappa shape index (κ3) is 2.28. The number of hydrogen-bond donors (Lipinski definition) is 2. The van der Waals surface area contributed by atoms with Crippen LogP contribution >= 0.6 is 0 Å². The quantitative estimate of drug-likeness (QED) is 0.866. The van der Waals surface area contributed by atoms with E-state index < -0.39 is 0 Å². The van der Waals surface area contributed by atoms with E-state index in [9.17, 15) is 9.90 Å². The molecule has 3 nitrogen and oxygen atoms in total. The van der Waals surface area contributed by atoms with Crippen LogP contribution in [0, 0.1) is 5.92 Å². The number of phenols is 1. The van der Waals surface area contributed by atoms with Crippen molar-refractivity contribution in [2.75, 3.05) is 0 Å². The van der Waals surface area contributed by atoms with Gasteiger partial charge in [-0.15, -0.1) is 0 Å². The Morgan fingerprint density at radius 1 is 1.21 bits per heavy atom. The molecule has 3 heteroatoms. The Labute approximate surface area is 112 Å². The maximum absolute atomic E-state index is 12.1. The fraction of sp³-hybridized carbons (Fsp3) is 0.312. The van der Waals surface area contributed by atoms with Gasteiger partial charge in [0.25, 0.3) is 5.91 Å².